The van der Waals surface area contributed by atoms with Crippen molar-refractivity contribution < 1.29 is 39.5 Å². The van der Waals surface area contributed by atoms with Crippen molar-refractivity contribution in [3.8, 4) is 0 Å². The Morgan fingerprint density at radius 3 is 0.800 bits per heavy atom. The second-order valence-corrected chi connectivity index (χ2v) is 3.14. The maximum Gasteiger partial charge on any atom is 0.422 e. The number of hydrogen-bond donors (Lipinski definition) is 1. The molecule has 92 valence electrons. The van der Waals surface area contributed by atoms with Gasteiger partial charge in [-0.25, -0.2) is 0 Å². The summed E-state index contributed by atoms with van der Waals surface area (Å²) < 4.78 is 100. The zero-order valence-electron chi connectivity index (χ0n) is 6.39. The van der Waals surface area contributed by atoms with E-state index in [9.17, 15) is 39.5 Å². The second kappa shape index (κ2) is 3.61. The Bertz CT molecular complexity index is 188. The third kappa shape index (κ3) is 2.12. The fourth-order valence-corrected chi connectivity index (χ4v) is 1.08. The Labute approximate surface area is 80.9 Å². The topological polar surface area (TPSA) is 26.0 Å². The lowest BCUT2D eigenvalue weighted by Crippen LogP contribution is -2.64. The largest absolute Gasteiger partial charge is 0.422 e. The van der Waals surface area contributed by atoms with Gasteiger partial charge in [-0.05, 0) is 11.9 Å². The van der Waals surface area contributed by atoms with Crippen molar-refractivity contribution in [1.29, 1.82) is 0 Å². The Balaban J connectivity index is 5.78. The van der Waals surface area contributed by atoms with E-state index in [4.69, 9.17) is 0 Å². The molecule has 0 aliphatic rings. The van der Waals surface area contributed by atoms with Crippen molar-refractivity contribution in [2.45, 2.75) is 23.3 Å². The normalized spacial score (nSPS) is 15.6. The van der Waals surface area contributed by atoms with Crippen LogP contribution in [0.4, 0.5) is 39.5 Å². The van der Waals surface area contributed by atoms with E-state index in [2.05, 4.69) is 5.14 Å². The van der Waals surface area contributed by atoms with Gasteiger partial charge in [0, 0.05) is 0 Å². The highest BCUT2D eigenvalue weighted by Gasteiger charge is 2.84. The molecule has 0 aromatic heterocycles. The van der Waals surface area contributed by atoms with E-state index in [1.807, 2.05) is 0 Å². The molecule has 0 spiro atoms. The van der Waals surface area contributed by atoms with Gasteiger partial charge in [0.25, 0.3) is 0 Å². The number of hydrogen-bond acceptors (Lipinski definition) is 2. The van der Waals surface area contributed by atoms with Crippen molar-refractivity contribution in [3.63, 3.8) is 0 Å². The highest BCUT2D eigenvalue weighted by atomic mass is 32.2. The van der Waals surface area contributed by atoms with Crippen LogP contribution in [0.5, 0.6) is 0 Å². The average molecular weight is 267 g/mol. The number of nitrogens with two attached hydrogens (primary N) is 1. The van der Waals surface area contributed by atoms with Crippen LogP contribution < -0.4 is 5.14 Å². The molecule has 0 saturated carbocycles. The summed E-state index contributed by atoms with van der Waals surface area (Å²) in [7, 11) is 0. The first kappa shape index (κ1) is 14.7. The summed E-state index contributed by atoms with van der Waals surface area (Å²) in [4.78, 5) is 0. The van der Waals surface area contributed by atoms with Gasteiger partial charge in [-0.15, -0.1) is 0 Å². The fraction of sp³-hybridized carbons (Fsp3) is 1.00. The molecular formula is C4H2F9NS. The monoisotopic (exact) mass is 267 g/mol. The molecule has 11 heteroatoms. The zero-order valence-corrected chi connectivity index (χ0v) is 7.20. The van der Waals surface area contributed by atoms with Gasteiger partial charge in [-0.1, -0.05) is 0 Å². The summed E-state index contributed by atoms with van der Waals surface area (Å²) in [6.45, 7) is 0. The molecule has 0 aromatic rings. The third-order valence-corrected chi connectivity index (χ3v) is 2.42. The Morgan fingerprint density at radius 1 is 0.600 bits per heavy atom. The SMILES string of the molecule is NSC(C(F)(F)F)(C(F)(F)F)C(F)(F)F. The molecule has 0 saturated heterocycles. The predicted molar refractivity (Wildman–Crippen MR) is 32.7 cm³/mol. The first-order valence-corrected chi connectivity index (χ1v) is 3.77. The lowest BCUT2D eigenvalue weighted by atomic mass is 10.1. The molecule has 0 radical (unpaired) electrons. The summed E-state index contributed by atoms with van der Waals surface area (Å²) >= 11 is -1.84. The Hall–Kier alpha value is -0.320. The number of alkyl halides is 9. The maximum absolute atomic E-state index is 11.8. The zero-order chi connectivity index (χ0) is 12.7. The number of rotatable bonds is 1. The molecule has 0 heterocycles. The molecular weight excluding hydrogens is 265 g/mol. The van der Waals surface area contributed by atoms with Crippen LogP contribution in [0.15, 0.2) is 0 Å². The van der Waals surface area contributed by atoms with Gasteiger partial charge >= 0.3 is 23.3 Å². The molecule has 1 nitrogen and oxygen atoms in total. The van der Waals surface area contributed by atoms with E-state index in [0.717, 1.165) is 0 Å². The highest BCUT2D eigenvalue weighted by molar-refractivity contribution is 7.98. The molecule has 0 atom stereocenters. The molecule has 0 fully saturated rings. The van der Waals surface area contributed by atoms with Crippen LogP contribution in [-0.4, -0.2) is 23.3 Å². The first-order valence-electron chi connectivity index (χ1n) is 2.89. The van der Waals surface area contributed by atoms with Gasteiger partial charge in [-0.2, -0.15) is 39.5 Å². The lowest BCUT2D eigenvalue weighted by molar-refractivity contribution is -0.345. The number of halogens is 9. The summed E-state index contributed by atoms with van der Waals surface area (Å²) in [5.74, 6) is 0. The van der Waals surface area contributed by atoms with Crippen molar-refractivity contribution in [3.05, 3.63) is 0 Å². The molecule has 0 aliphatic carbocycles. The maximum atomic E-state index is 11.8. The minimum absolute atomic E-state index is 1.84. The van der Waals surface area contributed by atoms with Crippen molar-refractivity contribution in [1.82, 2.24) is 0 Å². The molecule has 0 amide bonds. The van der Waals surface area contributed by atoms with Crippen molar-refractivity contribution in [2.75, 3.05) is 0 Å². The lowest BCUT2D eigenvalue weighted by Gasteiger charge is -2.36. The van der Waals surface area contributed by atoms with Crippen LogP contribution in [0.25, 0.3) is 0 Å². The van der Waals surface area contributed by atoms with E-state index >= 15 is 0 Å². The van der Waals surface area contributed by atoms with E-state index in [0.29, 0.717) is 0 Å². The minimum Gasteiger partial charge on any atom is -0.277 e. The summed E-state index contributed by atoms with van der Waals surface area (Å²) in [5.41, 5.74) is 0. The van der Waals surface area contributed by atoms with Crippen LogP contribution in [0.3, 0.4) is 0 Å². The fourth-order valence-electron chi connectivity index (χ4n) is 0.683. The standard InChI is InChI=1S/C4H2F9NS/c5-2(6,7)1(15-14,3(8,9)10)4(11,12)13/h14H2. The summed E-state index contributed by atoms with van der Waals surface area (Å²) in [6.07, 6.45) is -19.7. The van der Waals surface area contributed by atoms with Gasteiger partial charge in [0.05, 0.1) is 0 Å². The predicted octanol–water partition coefficient (Wildman–Crippen LogP) is 3.02. The van der Waals surface area contributed by atoms with E-state index in [1.165, 1.54) is 0 Å². The minimum atomic E-state index is -6.58. The average Bonchev–Trinajstić information content (AvgIpc) is 1.76. The molecule has 0 unspecified atom stereocenters. The Morgan fingerprint density at radius 2 is 0.800 bits per heavy atom. The second-order valence-electron chi connectivity index (χ2n) is 2.29. The summed E-state index contributed by atoms with van der Waals surface area (Å²) in [5, 5.41) is 3.92. The van der Waals surface area contributed by atoms with Crippen LogP contribution in [0.1, 0.15) is 0 Å². The molecule has 0 aromatic carbocycles. The molecule has 0 aliphatic heterocycles. The molecule has 2 N–H and O–H groups in total. The van der Waals surface area contributed by atoms with Gasteiger partial charge in [-0.3, -0.25) is 5.14 Å². The molecule has 0 bridgehead atoms. The van der Waals surface area contributed by atoms with Gasteiger partial charge in [0.2, 0.25) is 0 Å². The smallest absolute Gasteiger partial charge is 0.277 e. The summed E-state index contributed by atoms with van der Waals surface area (Å²) in [6, 6.07) is 0. The third-order valence-electron chi connectivity index (χ3n) is 1.37. The van der Waals surface area contributed by atoms with Gasteiger partial charge < -0.3 is 0 Å². The first-order chi connectivity index (χ1) is 6.31. The highest BCUT2D eigenvalue weighted by Crippen LogP contribution is 2.58. The quantitative estimate of drug-likeness (QED) is 0.583. The Kier molecular flexibility index (Phi) is 3.53. The van der Waals surface area contributed by atoms with Crippen LogP contribution >= 0.6 is 11.9 Å². The van der Waals surface area contributed by atoms with Crippen molar-refractivity contribution in [2.24, 2.45) is 5.14 Å². The van der Waals surface area contributed by atoms with Crippen molar-refractivity contribution >= 4 is 11.9 Å². The van der Waals surface area contributed by atoms with Crippen LogP contribution in [0, 0.1) is 0 Å². The molecule has 15 heavy (non-hydrogen) atoms. The van der Waals surface area contributed by atoms with Gasteiger partial charge in [0.1, 0.15) is 0 Å². The van der Waals surface area contributed by atoms with Crippen LogP contribution in [-0.2, 0) is 0 Å². The molecule has 0 rings (SSSR count). The van der Waals surface area contributed by atoms with E-state index < -0.39 is 35.2 Å². The van der Waals surface area contributed by atoms with Gasteiger partial charge in [0.15, 0.2) is 0 Å². The van der Waals surface area contributed by atoms with Crippen LogP contribution in [0.2, 0.25) is 0 Å². The van der Waals surface area contributed by atoms with E-state index in [1.54, 1.807) is 0 Å². The van der Waals surface area contributed by atoms with E-state index in [-0.39, 0.29) is 0 Å².